The molecule has 1 aliphatic heterocycles. The number of methoxy groups -OCH3 is 1. The van der Waals surface area contributed by atoms with Gasteiger partial charge in [0.15, 0.2) is 0 Å². The lowest BCUT2D eigenvalue weighted by Crippen LogP contribution is -2.51. The van der Waals surface area contributed by atoms with Gasteiger partial charge in [-0.05, 0) is 44.4 Å². The molecule has 4 amide bonds. The zero-order valence-electron chi connectivity index (χ0n) is 21.6. The molecule has 0 radical (unpaired) electrons. The van der Waals surface area contributed by atoms with E-state index in [4.69, 9.17) is 9.47 Å². The minimum Gasteiger partial charge on any atom is -0.491 e. The molecule has 1 aromatic carbocycles. The minimum absolute atomic E-state index is 0.0240. The van der Waals surface area contributed by atoms with E-state index in [1.54, 1.807) is 37.3 Å². The van der Waals surface area contributed by atoms with Gasteiger partial charge in [-0.15, -0.1) is 0 Å². The van der Waals surface area contributed by atoms with Crippen molar-refractivity contribution in [3.8, 4) is 5.75 Å². The van der Waals surface area contributed by atoms with Gasteiger partial charge in [-0.3, -0.25) is 9.59 Å². The number of anilines is 1. The van der Waals surface area contributed by atoms with Crippen molar-refractivity contribution in [3.63, 3.8) is 0 Å². The Morgan fingerprint density at radius 1 is 1.20 bits per heavy atom. The number of carbonyl (C=O) groups is 3. The molecule has 0 aromatic heterocycles. The number of nitrogens with one attached hydrogen (secondary N) is 2. The average Bonchev–Trinajstić information content (AvgIpc) is 2.80. The van der Waals surface area contributed by atoms with Gasteiger partial charge in [0.25, 0.3) is 5.91 Å². The molecule has 1 fully saturated rings. The van der Waals surface area contributed by atoms with Crippen molar-refractivity contribution in [1.29, 1.82) is 0 Å². The third-order valence-electron chi connectivity index (χ3n) is 6.98. The van der Waals surface area contributed by atoms with E-state index in [0.29, 0.717) is 36.6 Å². The maximum Gasteiger partial charge on any atom is 0.319 e. The second-order valence-electron chi connectivity index (χ2n) is 9.81. The molecular formula is C26H40N4O5. The van der Waals surface area contributed by atoms with Crippen LogP contribution >= 0.6 is 0 Å². The fraction of sp³-hybridized carbons (Fsp3) is 0.654. The summed E-state index contributed by atoms with van der Waals surface area (Å²) in [6.45, 7) is 7.75. The number of hydrogen-bond acceptors (Lipinski definition) is 5. The van der Waals surface area contributed by atoms with Crippen LogP contribution in [0.5, 0.6) is 5.75 Å². The largest absolute Gasteiger partial charge is 0.491 e. The van der Waals surface area contributed by atoms with Crippen LogP contribution in [0.25, 0.3) is 0 Å². The molecule has 2 aliphatic rings. The summed E-state index contributed by atoms with van der Waals surface area (Å²) in [5.74, 6) is 0.487. The van der Waals surface area contributed by atoms with Gasteiger partial charge in [-0.25, -0.2) is 4.79 Å². The van der Waals surface area contributed by atoms with E-state index in [-0.39, 0.29) is 48.4 Å². The van der Waals surface area contributed by atoms with Gasteiger partial charge in [0.05, 0.1) is 17.7 Å². The Morgan fingerprint density at radius 2 is 1.94 bits per heavy atom. The Morgan fingerprint density at radius 3 is 2.57 bits per heavy atom. The molecule has 0 unspecified atom stereocenters. The summed E-state index contributed by atoms with van der Waals surface area (Å²) in [7, 11) is 3.37. The van der Waals surface area contributed by atoms with Crippen molar-refractivity contribution in [2.75, 3.05) is 45.7 Å². The van der Waals surface area contributed by atoms with Crippen LogP contribution in [0.15, 0.2) is 18.2 Å². The Labute approximate surface area is 208 Å². The first-order valence-corrected chi connectivity index (χ1v) is 12.7. The normalized spacial score (nSPS) is 23.8. The summed E-state index contributed by atoms with van der Waals surface area (Å²) in [6, 6.07) is 4.56. The van der Waals surface area contributed by atoms with Crippen LogP contribution in [0.4, 0.5) is 10.5 Å². The summed E-state index contributed by atoms with van der Waals surface area (Å²) in [5.41, 5.74) is 0.856. The molecule has 0 saturated heterocycles. The number of fused-ring (bicyclic) bond motifs is 1. The average molecular weight is 489 g/mol. The third-order valence-corrected chi connectivity index (χ3v) is 6.98. The molecule has 0 spiro atoms. The Balaban J connectivity index is 1.90. The number of benzene rings is 1. The third kappa shape index (κ3) is 6.66. The first kappa shape index (κ1) is 26.8. The number of rotatable bonds is 5. The number of carbonyl (C=O) groups excluding carboxylic acids is 3. The van der Waals surface area contributed by atoms with Gasteiger partial charge in [0.1, 0.15) is 12.4 Å². The Hall–Kier alpha value is -2.81. The number of hydrogen-bond donors (Lipinski definition) is 2. The van der Waals surface area contributed by atoms with Crippen LogP contribution < -0.4 is 15.4 Å². The fourth-order valence-corrected chi connectivity index (χ4v) is 4.46. The monoisotopic (exact) mass is 488 g/mol. The van der Waals surface area contributed by atoms with Crippen molar-refractivity contribution in [1.82, 2.24) is 15.1 Å². The second kappa shape index (κ2) is 12.2. The van der Waals surface area contributed by atoms with E-state index in [0.717, 1.165) is 25.7 Å². The molecule has 194 valence electrons. The predicted molar refractivity (Wildman–Crippen MR) is 135 cm³/mol. The fourth-order valence-electron chi connectivity index (χ4n) is 4.46. The van der Waals surface area contributed by atoms with Crippen LogP contribution in [0.1, 0.15) is 56.8 Å². The van der Waals surface area contributed by atoms with Gasteiger partial charge in [-0.1, -0.05) is 20.3 Å². The number of urea groups is 1. The molecule has 1 aliphatic carbocycles. The smallest absolute Gasteiger partial charge is 0.319 e. The molecular weight excluding hydrogens is 448 g/mol. The molecule has 35 heavy (non-hydrogen) atoms. The SMILES string of the molecule is CCCNC(=O)Nc1ccc2c(c1)C(=O)N(C)C[C@@H](OC)[C@@H](C)CN(C(=O)C1CCC1)[C@H](C)CO2. The zero-order valence-corrected chi connectivity index (χ0v) is 21.6. The summed E-state index contributed by atoms with van der Waals surface area (Å²) in [5, 5.41) is 5.54. The van der Waals surface area contributed by atoms with E-state index >= 15 is 0 Å². The summed E-state index contributed by atoms with van der Waals surface area (Å²) in [6.07, 6.45) is 3.56. The summed E-state index contributed by atoms with van der Waals surface area (Å²) >= 11 is 0. The first-order valence-electron chi connectivity index (χ1n) is 12.7. The van der Waals surface area contributed by atoms with Gasteiger partial charge in [0, 0.05) is 51.3 Å². The number of likely N-dealkylation sites (N-methyl/N-ethyl adjacent to an activating group) is 1. The van der Waals surface area contributed by atoms with E-state index in [9.17, 15) is 14.4 Å². The van der Waals surface area contributed by atoms with Gasteiger partial charge < -0.3 is 29.9 Å². The Kier molecular flexibility index (Phi) is 9.37. The lowest BCUT2D eigenvalue weighted by atomic mass is 9.83. The molecule has 3 rings (SSSR count). The van der Waals surface area contributed by atoms with Crippen LogP contribution in [-0.4, -0.2) is 80.2 Å². The highest BCUT2D eigenvalue weighted by atomic mass is 16.5. The number of nitrogens with zero attached hydrogens (tertiary/aromatic N) is 2. The first-order chi connectivity index (χ1) is 16.7. The topological polar surface area (TPSA) is 100 Å². The van der Waals surface area contributed by atoms with Crippen molar-refractivity contribution in [3.05, 3.63) is 23.8 Å². The molecule has 9 nitrogen and oxygen atoms in total. The van der Waals surface area contributed by atoms with Crippen LogP contribution in [0.3, 0.4) is 0 Å². The van der Waals surface area contributed by atoms with E-state index in [1.807, 2.05) is 18.7 Å². The lowest BCUT2D eigenvalue weighted by Gasteiger charge is -2.39. The van der Waals surface area contributed by atoms with E-state index < -0.39 is 0 Å². The highest BCUT2D eigenvalue weighted by Crippen LogP contribution is 2.31. The standard InChI is InChI=1S/C26H40N4O5/c1-6-12-27-26(33)28-20-10-11-22-21(13-20)25(32)29(4)15-23(34-5)17(2)14-30(18(3)16-35-22)24(31)19-8-7-9-19/h10-11,13,17-19,23H,6-9,12,14-16H2,1-5H3,(H2,27,28,33)/t17-,18+,23+/m0/s1. The molecule has 2 N–H and O–H groups in total. The van der Waals surface area contributed by atoms with Crippen molar-refractivity contribution in [2.45, 2.75) is 58.6 Å². The highest BCUT2D eigenvalue weighted by molar-refractivity contribution is 5.99. The summed E-state index contributed by atoms with van der Waals surface area (Å²) in [4.78, 5) is 42.3. The molecule has 1 heterocycles. The molecule has 3 atom stereocenters. The molecule has 1 saturated carbocycles. The quantitative estimate of drug-likeness (QED) is 0.662. The van der Waals surface area contributed by atoms with Crippen LogP contribution in [0.2, 0.25) is 0 Å². The molecule has 9 heteroatoms. The maximum atomic E-state index is 13.4. The van der Waals surface area contributed by atoms with Crippen molar-refractivity contribution < 1.29 is 23.9 Å². The van der Waals surface area contributed by atoms with Gasteiger partial charge in [-0.2, -0.15) is 0 Å². The predicted octanol–water partition coefficient (Wildman–Crippen LogP) is 3.35. The Bertz CT molecular complexity index is 904. The molecule has 0 bridgehead atoms. The maximum absolute atomic E-state index is 13.4. The number of ether oxygens (including phenoxy) is 2. The summed E-state index contributed by atoms with van der Waals surface area (Å²) < 4.78 is 11.9. The van der Waals surface area contributed by atoms with Crippen molar-refractivity contribution in [2.24, 2.45) is 11.8 Å². The van der Waals surface area contributed by atoms with Crippen molar-refractivity contribution >= 4 is 23.5 Å². The zero-order chi connectivity index (χ0) is 25.5. The van der Waals surface area contributed by atoms with Crippen LogP contribution in [-0.2, 0) is 9.53 Å². The lowest BCUT2D eigenvalue weighted by molar-refractivity contribution is -0.142. The minimum atomic E-state index is -0.325. The number of amides is 4. The van der Waals surface area contributed by atoms with E-state index in [1.165, 1.54) is 0 Å². The van der Waals surface area contributed by atoms with Crippen LogP contribution in [0, 0.1) is 11.8 Å². The van der Waals surface area contributed by atoms with Gasteiger partial charge >= 0.3 is 6.03 Å². The molecule has 1 aromatic rings. The van der Waals surface area contributed by atoms with Gasteiger partial charge in [0.2, 0.25) is 5.91 Å². The highest BCUT2D eigenvalue weighted by Gasteiger charge is 2.35. The second-order valence-corrected chi connectivity index (χ2v) is 9.81. The van der Waals surface area contributed by atoms with E-state index in [2.05, 4.69) is 17.6 Å².